The molecule has 0 aliphatic heterocycles. The third-order valence-electron chi connectivity index (χ3n) is 1.94. The maximum Gasteiger partial charge on any atom is 0.150 e. The van der Waals surface area contributed by atoms with Crippen LogP contribution in [0.15, 0.2) is 36.4 Å². The van der Waals surface area contributed by atoms with E-state index in [0.717, 1.165) is 5.69 Å². The zero-order chi connectivity index (χ0) is 10.8. The Kier molecular flexibility index (Phi) is 2.43. The van der Waals surface area contributed by atoms with Gasteiger partial charge in [-0.15, -0.1) is 0 Å². The molecule has 0 spiro atoms. The third-order valence-corrected chi connectivity index (χ3v) is 2.14. The van der Waals surface area contributed by atoms with Crippen LogP contribution in [0, 0.1) is 5.41 Å². The fourth-order valence-corrected chi connectivity index (χ4v) is 1.35. The number of hydrogen-bond acceptors (Lipinski definition) is 3. The van der Waals surface area contributed by atoms with E-state index < -0.39 is 0 Å². The van der Waals surface area contributed by atoms with E-state index in [9.17, 15) is 0 Å². The molecule has 5 heteroatoms. The second kappa shape index (κ2) is 3.74. The number of nitrogens with zero attached hydrogens (tertiary/aromatic N) is 2. The Morgan fingerprint density at radius 3 is 2.47 bits per heavy atom. The first-order valence-corrected chi connectivity index (χ1v) is 4.71. The lowest BCUT2D eigenvalue weighted by Crippen LogP contribution is -2.19. The van der Waals surface area contributed by atoms with Gasteiger partial charge in [0.05, 0.1) is 5.69 Å². The molecule has 2 aromatic rings. The summed E-state index contributed by atoms with van der Waals surface area (Å²) in [5.74, 6) is 0. The summed E-state index contributed by atoms with van der Waals surface area (Å²) >= 11 is 5.76. The van der Waals surface area contributed by atoms with Crippen LogP contribution in [0.25, 0.3) is 5.69 Å². The molecule has 0 aliphatic carbocycles. The molecule has 3 N–H and O–H groups in total. The van der Waals surface area contributed by atoms with Crippen LogP contribution in [0.1, 0.15) is 0 Å². The van der Waals surface area contributed by atoms with E-state index in [1.807, 2.05) is 0 Å². The minimum absolute atomic E-state index is 0.268. The van der Waals surface area contributed by atoms with Crippen molar-refractivity contribution < 1.29 is 0 Å². The van der Waals surface area contributed by atoms with Gasteiger partial charge >= 0.3 is 0 Å². The van der Waals surface area contributed by atoms with Crippen molar-refractivity contribution in [2.45, 2.75) is 0 Å². The highest BCUT2D eigenvalue weighted by molar-refractivity contribution is 6.29. The van der Waals surface area contributed by atoms with Crippen molar-refractivity contribution in [3.63, 3.8) is 0 Å². The highest BCUT2D eigenvalue weighted by atomic mass is 35.5. The third kappa shape index (κ3) is 1.99. The second-order valence-corrected chi connectivity index (χ2v) is 3.43. The Hall–Kier alpha value is -1.81. The van der Waals surface area contributed by atoms with Crippen molar-refractivity contribution in [2.24, 2.45) is 0 Å². The predicted octanol–water partition coefficient (Wildman–Crippen LogP) is 1.59. The van der Waals surface area contributed by atoms with Crippen LogP contribution in [0.4, 0.5) is 5.69 Å². The van der Waals surface area contributed by atoms with Gasteiger partial charge in [0.25, 0.3) is 0 Å². The van der Waals surface area contributed by atoms with E-state index in [2.05, 4.69) is 5.10 Å². The number of rotatable bonds is 1. The summed E-state index contributed by atoms with van der Waals surface area (Å²) in [5, 5.41) is 12.0. The summed E-state index contributed by atoms with van der Waals surface area (Å²) in [5.41, 5.74) is 7.27. The fourth-order valence-electron chi connectivity index (χ4n) is 1.21. The minimum atomic E-state index is 0.268. The molecule has 15 heavy (non-hydrogen) atoms. The van der Waals surface area contributed by atoms with E-state index in [0.29, 0.717) is 10.8 Å². The second-order valence-electron chi connectivity index (χ2n) is 3.04. The predicted molar refractivity (Wildman–Crippen MR) is 58.8 cm³/mol. The first-order chi connectivity index (χ1) is 7.16. The molecule has 1 heterocycles. The number of anilines is 1. The van der Waals surface area contributed by atoms with Crippen molar-refractivity contribution >= 4 is 17.3 Å². The average molecular weight is 221 g/mol. The molecule has 0 saturated heterocycles. The molecule has 2 rings (SSSR count). The van der Waals surface area contributed by atoms with Gasteiger partial charge in [-0.3, -0.25) is 5.41 Å². The van der Waals surface area contributed by atoms with Gasteiger partial charge < -0.3 is 5.73 Å². The van der Waals surface area contributed by atoms with Crippen LogP contribution in [-0.4, -0.2) is 9.78 Å². The summed E-state index contributed by atoms with van der Waals surface area (Å²) < 4.78 is 1.45. The van der Waals surface area contributed by atoms with E-state index >= 15 is 0 Å². The number of aromatic nitrogens is 2. The molecule has 1 aromatic carbocycles. The molecule has 0 amide bonds. The van der Waals surface area contributed by atoms with E-state index in [-0.39, 0.29) is 5.49 Å². The monoisotopic (exact) mass is 220 g/mol. The van der Waals surface area contributed by atoms with Crippen molar-refractivity contribution in [2.75, 3.05) is 5.73 Å². The molecule has 0 bridgehead atoms. The molecule has 76 valence electrons. The van der Waals surface area contributed by atoms with E-state index in [1.54, 1.807) is 36.4 Å². The van der Waals surface area contributed by atoms with Crippen LogP contribution < -0.4 is 11.2 Å². The molecule has 0 saturated carbocycles. The molecule has 1 aromatic heterocycles. The average Bonchev–Trinajstić information content (AvgIpc) is 2.23. The van der Waals surface area contributed by atoms with Gasteiger partial charge in [0.15, 0.2) is 0 Å². The van der Waals surface area contributed by atoms with Crippen LogP contribution in [0.5, 0.6) is 0 Å². The number of nitrogen functional groups attached to an aromatic ring is 1. The highest BCUT2D eigenvalue weighted by Gasteiger charge is 1.99. The van der Waals surface area contributed by atoms with Crippen LogP contribution in [0.2, 0.25) is 5.15 Å². The highest BCUT2D eigenvalue weighted by Crippen LogP contribution is 2.08. The lowest BCUT2D eigenvalue weighted by atomic mass is 10.3. The number of nitrogens with one attached hydrogen (secondary N) is 1. The Morgan fingerprint density at radius 2 is 1.80 bits per heavy atom. The number of nitrogens with two attached hydrogens (primary N) is 1. The Balaban J connectivity index is 2.58. The summed E-state index contributed by atoms with van der Waals surface area (Å²) in [6, 6.07) is 10.3. The summed E-state index contributed by atoms with van der Waals surface area (Å²) in [4.78, 5) is 0. The van der Waals surface area contributed by atoms with Gasteiger partial charge in [-0.2, -0.15) is 5.10 Å². The summed E-state index contributed by atoms with van der Waals surface area (Å²) in [6.45, 7) is 0. The van der Waals surface area contributed by atoms with Crippen LogP contribution in [-0.2, 0) is 0 Å². The van der Waals surface area contributed by atoms with E-state index in [4.69, 9.17) is 22.7 Å². The lowest BCUT2D eigenvalue weighted by Gasteiger charge is -2.05. The largest absolute Gasteiger partial charge is 0.399 e. The zero-order valence-corrected chi connectivity index (χ0v) is 8.57. The van der Waals surface area contributed by atoms with Gasteiger partial charge in [-0.25, -0.2) is 4.68 Å². The van der Waals surface area contributed by atoms with Crippen molar-refractivity contribution in [3.8, 4) is 5.69 Å². The zero-order valence-electron chi connectivity index (χ0n) is 7.81. The fraction of sp³-hybridized carbons (Fsp3) is 0. The van der Waals surface area contributed by atoms with Crippen LogP contribution in [0.3, 0.4) is 0 Å². The smallest absolute Gasteiger partial charge is 0.150 e. The maximum absolute atomic E-state index is 7.67. The maximum atomic E-state index is 7.67. The molecule has 0 aliphatic rings. The lowest BCUT2D eigenvalue weighted by molar-refractivity contribution is 0.774. The van der Waals surface area contributed by atoms with Crippen molar-refractivity contribution in [1.29, 1.82) is 5.41 Å². The van der Waals surface area contributed by atoms with Gasteiger partial charge in [-0.05, 0) is 36.4 Å². The standard InChI is InChI=1S/C10H9ClN4/c11-9-5-6-10(13)15(14-9)8-3-1-7(12)2-4-8/h1-6,13H,12H2. The molecule has 0 radical (unpaired) electrons. The van der Waals surface area contributed by atoms with Gasteiger partial charge in [-0.1, -0.05) is 11.6 Å². The molecular weight excluding hydrogens is 212 g/mol. The quantitative estimate of drug-likeness (QED) is 0.717. The van der Waals surface area contributed by atoms with Crippen molar-refractivity contribution in [3.05, 3.63) is 47.0 Å². The van der Waals surface area contributed by atoms with Gasteiger partial charge in [0.2, 0.25) is 0 Å². The summed E-state index contributed by atoms with van der Waals surface area (Å²) in [6.07, 6.45) is 0. The first-order valence-electron chi connectivity index (χ1n) is 4.33. The Bertz CT molecular complexity index is 530. The Morgan fingerprint density at radius 1 is 1.13 bits per heavy atom. The van der Waals surface area contributed by atoms with Crippen molar-refractivity contribution in [1.82, 2.24) is 9.78 Å². The number of benzene rings is 1. The van der Waals surface area contributed by atoms with E-state index in [1.165, 1.54) is 4.68 Å². The molecule has 0 unspecified atom stereocenters. The number of hydrogen-bond donors (Lipinski definition) is 2. The molecule has 0 atom stereocenters. The molecular formula is C10H9ClN4. The normalized spacial score (nSPS) is 10.2. The number of halogens is 1. The molecule has 0 fully saturated rings. The van der Waals surface area contributed by atoms with Gasteiger partial charge in [0.1, 0.15) is 10.6 Å². The topological polar surface area (TPSA) is 67.7 Å². The first kappa shape index (κ1) is 9.73. The molecule has 4 nitrogen and oxygen atoms in total. The summed E-state index contributed by atoms with van der Waals surface area (Å²) in [7, 11) is 0. The van der Waals surface area contributed by atoms with Crippen LogP contribution >= 0.6 is 11.6 Å². The van der Waals surface area contributed by atoms with Gasteiger partial charge in [0, 0.05) is 5.69 Å². The Labute approximate surface area is 91.4 Å². The SMILES string of the molecule is N=c1ccc(Cl)nn1-c1ccc(N)cc1. The minimum Gasteiger partial charge on any atom is -0.399 e.